The first-order chi connectivity index (χ1) is 6.43. The SMILES string of the molecule is Nc1cc(Cl)c(C(F)F)nc1[N+](=O)[O-]. The second-order valence-corrected chi connectivity index (χ2v) is 2.73. The first-order valence-electron chi connectivity index (χ1n) is 3.32. The molecule has 0 spiro atoms. The number of halogens is 3. The number of alkyl halides is 2. The van der Waals surface area contributed by atoms with E-state index in [0.29, 0.717) is 0 Å². The highest BCUT2D eigenvalue weighted by molar-refractivity contribution is 6.31. The number of rotatable bonds is 2. The van der Waals surface area contributed by atoms with Gasteiger partial charge in [0.15, 0.2) is 0 Å². The fourth-order valence-electron chi connectivity index (χ4n) is 0.806. The molecule has 76 valence electrons. The summed E-state index contributed by atoms with van der Waals surface area (Å²) in [5.41, 5.74) is 3.97. The molecule has 0 aliphatic rings. The maximum Gasteiger partial charge on any atom is 0.387 e. The van der Waals surface area contributed by atoms with Crippen molar-refractivity contribution in [3.05, 3.63) is 26.9 Å². The number of pyridine rings is 1. The highest BCUT2D eigenvalue weighted by Gasteiger charge is 2.25. The van der Waals surface area contributed by atoms with E-state index in [1.165, 1.54) is 0 Å². The third-order valence-electron chi connectivity index (χ3n) is 1.39. The van der Waals surface area contributed by atoms with Crippen molar-refractivity contribution in [2.75, 3.05) is 5.73 Å². The topological polar surface area (TPSA) is 82.0 Å². The van der Waals surface area contributed by atoms with Crippen LogP contribution in [-0.4, -0.2) is 9.91 Å². The molecule has 0 unspecified atom stereocenters. The molecule has 0 fully saturated rings. The van der Waals surface area contributed by atoms with Crippen molar-refractivity contribution in [1.29, 1.82) is 0 Å². The molecule has 2 N–H and O–H groups in total. The molecule has 0 saturated carbocycles. The first-order valence-corrected chi connectivity index (χ1v) is 3.69. The van der Waals surface area contributed by atoms with Crippen molar-refractivity contribution < 1.29 is 13.7 Å². The van der Waals surface area contributed by atoms with E-state index in [2.05, 4.69) is 4.98 Å². The number of anilines is 1. The summed E-state index contributed by atoms with van der Waals surface area (Å²) in [4.78, 5) is 12.4. The summed E-state index contributed by atoms with van der Waals surface area (Å²) in [6.45, 7) is 0. The molecule has 0 amide bonds. The summed E-state index contributed by atoms with van der Waals surface area (Å²) in [7, 11) is 0. The van der Waals surface area contributed by atoms with Crippen molar-refractivity contribution in [3.63, 3.8) is 0 Å². The molecule has 1 aromatic rings. The lowest BCUT2D eigenvalue weighted by Crippen LogP contribution is -2.02. The van der Waals surface area contributed by atoms with Gasteiger partial charge in [-0.2, -0.15) is 0 Å². The number of hydrogen-bond acceptors (Lipinski definition) is 4. The molecule has 0 aliphatic heterocycles. The van der Waals surface area contributed by atoms with E-state index in [4.69, 9.17) is 17.3 Å². The van der Waals surface area contributed by atoms with Crippen LogP contribution in [0.4, 0.5) is 20.3 Å². The van der Waals surface area contributed by atoms with Crippen LogP contribution >= 0.6 is 11.6 Å². The maximum atomic E-state index is 12.2. The van der Waals surface area contributed by atoms with Crippen LogP contribution in [0.25, 0.3) is 0 Å². The number of hydrogen-bond donors (Lipinski definition) is 1. The van der Waals surface area contributed by atoms with Crippen molar-refractivity contribution in [3.8, 4) is 0 Å². The lowest BCUT2D eigenvalue weighted by atomic mass is 10.3. The van der Waals surface area contributed by atoms with Gasteiger partial charge in [0.05, 0.1) is 5.02 Å². The third-order valence-corrected chi connectivity index (χ3v) is 1.69. The zero-order valence-corrected chi connectivity index (χ0v) is 7.33. The zero-order chi connectivity index (χ0) is 10.9. The van der Waals surface area contributed by atoms with Crippen LogP contribution in [0, 0.1) is 10.1 Å². The van der Waals surface area contributed by atoms with E-state index in [9.17, 15) is 18.9 Å². The van der Waals surface area contributed by atoms with Crippen molar-refractivity contribution in [2.45, 2.75) is 6.43 Å². The lowest BCUT2D eigenvalue weighted by Gasteiger charge is -2.00. The minimum Gasteiger partial charge on any atom is -0.392 e. The Labute approximate surface area is 81.6 Å². The predicted octanol–water partition coefficient (Wildman–Crippen LogP) is 2.16. The van der Waals surface area contributed by atoms with E-state index in [1.54, 1.807) is 0 Å². The molecular formula is C6H4ClF2N3O2. The molecule has 0 bridgehead atoms. The first kappa shape index (κ1) is 10.6. The Morgan fingerprint density at radius 3 is 2.64 bits per heavy atom. The molecule has 0 saturated heterocycles. The molecule has 14 heavy (non-hydrogen) atoms. The molecule has 5 nitrogen and oxygen atoms in total. The minimum absolute atomic E-state index is 0.343. The van der Waals surface area contributed by atoms with Crippen LogP contribution < -0.4 is 5.73 Å². The van der Waals surface area contributed by atoms with E-state index >= 15 is 0 Å². The van der Waals surface area contributed by atoms with Gasteiger partial charge >= 0.3 is 12.2 Å². The lowest BCUT2D eigenvalue weighted by molar-refractivity contribution is -0.388. The number of nitrogens with two attached hydrogens (primary N) is 1. The quantitative estimate of drug-likeness (QED) is 0.615. The molecule has 1 aromatic heterocycles. The number of nitro groups is 1. The Balaban J connectivity index is 3.34. The molecule has 0 atom stereocenters. The van der Waals surface area contributed by atoms with Gasteiger partial charge in [0, 0.05) is 0 Å². The fraction of sp³-hybridized carbons (Fsp3) is 0.167. The molecular weight excluding hydrogens is 220 g/mol. The van der Waals surface area contributed by atoms with Gasteiger partial charge in [0.25, 0.3) is 0 Å². The number of nitrogens with zero attached hydrogens (tertiary/aromatic N) is 2. The highest BCUT2D eigenvalue weighted by Crippen LogP contribution is 2.30. The van der Waals surface area contributed by atoms with Gasteiger partial charge in [-0.3, -0.25) is 0 Å². The summed E-state index contributed by atoms with van der Waals surface area (Å²) in [6.07, 6.45) is -2.97. The van der Waals surface area contributed by atoms with Crippen LogP contribution in [0.5, 0.6) is 0 Å². The Kier molecular flexibility index (Phi) is 2.80. The summed E-state index contributed by atoms with van der Waals surface area (Å²) in [5.74, 6) is -0.815. The van der Waals surface area contributed by atoms with Gasteiger partial charge in [-0.1, -0.05) is 11.6 Å². The summed E-state index contributed by atoms with van der Waals surface area (Å²) in [5, 5.41) is 9.90. The van der Waals surface area contributed by atoms with Gasteiger partial charge in [-0.15, -0.1) is 0 Å². The Hall–Kier alpha value is -1.50. The fourth-order valence-corrected chi connectivity index (χ4v) is 1.05. The zero-order valence-electron chi connectivity index (χ0n) is 6.58. The van der Waals surface area contributed by atoms with Crippen LogP contribution in [0.2, 0.25) is 5.02 Å². The smallest absolute Gasteiger partial charge is 0.387 e. The van der Waals surface area contributed by atoms with Crippen LogP contribution in [-0.2, 0) is 0 Å². The summed E-state index contributed by atoms with van der Waals surface area (Å²) in [6, 6.07) is 0.883. The number of nitrogen functional groups attached to an aromatic ring is 1. The van der Waals surface area contributed by atoms with Crippen LogP contribution in [0.15, 0.2) is 6.07 Å². The second-order valence-electron chi connectivity index (χ2n) is 2.33. The third kappa shape index (κ3) is 1.87. The Morgan fingerprint density at radius 2 is 2.21 bits per heavy atom. The average Bonchev–Trinajstić information content (AvgIpc) is 2.02. The monoisotopic (exact) mass is 223 g/mol. The Morgan fingerprint density at radius 1 is 1.64 bits per heavy atom. The van der Waals surface area contributed by atoms with Crippen molar-refractivity contribution in [1.82, 2.24) is 4.98 Å². The van der Waals surface area contributed by atoms with Crippen molar-refractivity contribution in [2.24, 2.45) is 0 Å². The minimum atomic E-state index is -2.97. The second kappa shape index (κ2) is 3.70. The molecule has 8 heteroatoms. The van der Waals surface area contributed by atoms with E-state index in [0.717, 1.165) is 6.07 Å². The molecule has 1 heterocycles. The maximum absolute atomic E-state index is 12.2. The van der Waals surface area contributed by atoms with Crippen molar-refractivity contribution >= 4 is 23.1 Å². The molecule has 0 radical (unpaired) electrons. The van der Waals surface area contributed by atoms with E-state index in [-0.39, 0.29) is 10.7 Å². The van der Waals surface area contributed by atoms with Gasteiger partial charge < -0.3 is 15.8 Å². The van der Waals surface area contributed by atoms with Gasteiger partial charge in [0.2, 0.25) is 5.69 Å². The average molecular weight is 224 g/mol. The summed E-state index contributed by atoms with van der Waals surface area (Å²) < 4.78 is 24.4. The predicted molar refractivity (Wildman–Crippen MR) is 45.3 cm³/mol. The molecule has 0 aliphatic carbocycles. The number of aromatic nitrogens is 1. The standard InChI is InChI=1S/C6H4ClF2N3O2/c7-2-1-3(10)6(12(13)14)11-4(2)5(8)9/h1,5H,10H2. The highest BCUT2D eigenvalue weighted by atomic mass is 35.5. The molecule has 1 rings (SSSR count). The van der Waals surface area contributed by atoms with Gasteiger partial charge in [-0.25, -0.2) is 8.78 Å². The Bertz CT molecular complexity index is 386. The van der Waals surface area contributed by atoms with Crippen LogP contribution in [0.1, 0.15) is 12.1 Å². The summed E-state index contributed by atoms with van der Waals surface area (Å²) >= 11 is 5.36. The van der Waals surface area contributed by atoms with Crippen LogP contribution in [0.3, 0.4) is 0 Å². The normalized spacial score (nSPS) is 10.6. The van der Waals surface area contributed by atoms with Gasteiger partial charge in [0.1, 0.15) is 5.69 Å². The van der Waals surface area contributed by atoms with E-state index in [1.807, 2.05) is 0 Å². The largest absolute Gasteiger partial charge is 0.392 e. The van der Waals surface area contributed by atoms with Gasteiger partial charge in [-0.05, 0) is 16.0 Å². The van der Waals surface area contributed by atoms with E-state index < -0.39 is 22.9 Å². The molecule has 0 aromatic carbocycles.